The van der Waals surface area contributed by atoms with Crippen molar-refractivity contribution in [2.75, 3.05) is 26.2 Å². The lowest BCUT2D eigenvalue weighted by Crippen LogP contribution is -2.58. The second kappa shape index (κ2) is 7.46. The zero-order valence-corrected chi connectivity index (χ0v) is 18.1. The van der Waals surface area contributed by atoms with Crippen LogP contribution in [0.25, 0.3) is 0 Å². The van der Waals surface area contributed by atoms with Crippen LogP contribution in [0.1, 0.15) is 52.4 Å². The molecule has 4 aliphatic carbocycles. The number of fused-ring (bicyclic) bond motifs is 1. The summed E-state index contributed by atoms with van der Waals surface area (Å²) in [5.74, 6) is 3.92. The predicted molar refractivity (Wildman–Crippen MR) is 111 cm³/mol. The molecule has 28 heavy (non-hydrogen) atoms. The van der Waals surface area contributed by atoms with Gasteiger partial charge in [0, 0.05) is 31.6 Å². The number of nitrogens with one attached hydrogen (secondary N) is 2. The number of rotatable bonds is 4. The fourth-order valence-electron chi connectivity index (χ4n) is 7.43. The van der Waals surface area contributed by atoms with E-state index in [1.54, 1.807) is 0 Å². The maximum atomic E-state index is 13.4. The van der Waals surface area contributed by atoms with Crippen molar-refractivity contribution in [2.45, 2.75) is 58.4 Å². The van der Waals surface area contributed by atoms with Crippen molar-refractivity contribution in [2.24, 2.45) is 40.9 Å². The minimum absolute atomic E-state index is 0. The van der Waals surface area contributed by atoms with Gasteiger partial charge in [-0.15, -0.1) is 12.4 Å². The summed E-state index contributed by atoms with van der Waals surface area (Å²) in [5.41, 5.74) is -0.173. The largest absolute Gasteiger partial charge is 0.344 e. The predicted octanol–water partition coefficient (Wildman–Crippen LogP) is 2.44. The third kappa shape index (κ3) is 3.36. The molecular weight excluding hydrogens is 374 g/mol. The Morgan fingerprint density at radius 3 is 1.93 bits per heavy atom. The minimum Gasteiger partial charge on any atom is -0.344 e. The first-order chi connectivity index (χ1) is 12.9. The van der Waals surface area contributed by atoms with Crippen molar-refractivity contribution in [3.63, 3.8) is 0 Å². The molecule has 2 N–H and O–H groups in total. The maximum Gasteiger partial charge on any atom is 0.245 e. The van der Waals surface area contributed by atoms with Gasteiger partial charge in [0.05, 0.1) is 0 Å². The fraction of sp³-hybridized carbons (Fsp3) is 0.909. The third-order valence-electron chi connectivity index (χ3n) is 8.44. The Hall–Kier alpha value is -0.810. The van der Waals surface area contributed by atoms with Gasteiger partial charge in [-0.05, 0) is 74.0 Å². The van der Waals surface area contributed by atoms with Crippen molar-refractivity contribution < 1.29 is 9.59 Å². The number of likely N-dealkylation sites (tertiary alicyclic amines) is 1. The van der Waals surface area contributed by atoms with Crippen molar-refractivity contribution >= 4 is 24.2 Å². The quantitative estimate of drug-likeness (QED) is 0.749. The first-order valence-corrected chi connectivity index (χ1v) is 11.2. The highest BCUT2D eigenvalue weighted by atomic mass is 35.5. The van der Waals surface area contributed by atoms with E-state index < -0.39 is 0 Å². The van der Waals surface area contributed by atoms with Gasteiger partial charge in [0.15, 0.2) is 0 Å². The van der Waals surface area contributed by atoms with Gasteiger partial charge < -0.3 is 15.5 Å². The average molecular weight is 410 g/mol. The third-order valence-corrected chi connectivity index (χ3v) is 8.44. The van der Waals surface area contributed by atoms with E-state index in [-0.39, 0.29) is 41.6 Å². The molecule has 0 aromatic heterocycles. The topological polar surface area (TPSA) is 61.4 Å². The highest BCUT2D eigenvalue weighted by molar-refractivity contribution is 5.90. The molecule has 5 nitrogen and oxygen atoms in total. The number of hydrogen-bond acceptors (Lipinski definition) is 3. The van der Waals surface area contributed by atoms with Crippen LogP contribution in [-0.2, 0) is 9.59 Å². The zero-order valence-electron chi connectivity index (χ0n) is 17.3. The molecule has 4 bridgehead atoms. The van der Waals surface area contributed by atoms with Crippen LogP contribution in [0.5, 0.6) is 0 Å². The molecule has 1 unspecified atom stereocenters. The Balaban J connectivity index is 0.00000192. The normalized spacial score (nSPS) is 41.7. The molecule has 6 rings (SSSR count). The van der Waals surface area contributed by atoms with Gasteiger partial charge >= 0.3 is 0 Å². The molecule has 6 heteroatoms. The molecule has 3 atom stereocenters. The van der Waals surface area contributed by atoms with Crippen LogP contribution >= 0.6 is 12.4 Å². The smallest absolute Gasteiger partial charge is 0.245 e. The summed E-state index contributed by atoms with van der Waals surface area (Å²) in [7, 11) is 0. The fourth-order valence-corrected chi connectivity index (χ4v) is 7.43. The lowest BCUT2D eigenvalue weighted by Gasteiger charge is -2.56. The minimum atomic E-state index is -0.364. The van der Waals surface area contributed by atoms with Crippen molar-refractivity contribution in [1.82, 2.24) is 15.5 Å². The van der Waals surface area contributed by atoms with Crippen LogP contribution in [0.3, 0.4) is 0 Å². The van der Waals surface area contributed by atoms with E-state index in [0.717, 1.165) is 63.2 Å². The highest BCUT2D eigenvalue weighted by Gasteiger charge is 2.55. The number of hydrogen-bond donors (Lipinski definition) is 2. The number of halogens is 1. The summed E-state index contributed by atoms with van der Waals surface area (Å²) in [6.45, 7) is 7.91. The van der Waals surface area contributed by atoms with Gasteiger partial charge in [0.25, 0.3) is 0 Å². The maximum absolute atomic E-state index is 13.4. The van der Waals surface area contributed by atoms with E-state index in [2.05, 4.69) is 24.5 Å². The van der Waals surface area contributed by atoms with Crippen LogP contribution in [-0.4, -0.2) is 48.9 Å². The van der Waals surface area contributed by atoms with Crippen LogP contribution in [0, 0.1) is 40.9 Å². The van der Waals surface area contributed by atoms with Crippen LogP contribution in [0.4, 0.5) is 0 Å². The van der Waals surface area contributed by atoms with Crippen molar-refractivity contribution in [3.05, 3.63) is 0 Å². The lowest BCUT2D eigenvalue weighted by atomic mass is 9.49. The first-order valence-electron chi connectivity index (χ1n) is 11.2. The molecule has 6 aliphatic rings. The zero-order chi connectivity index (χ0) is 18.8. The van der Waals surface area contributed by atoms with Crippen LogP contribution < -0.4 is 10.6 Å². The second-order valence-corrected chi connectivity index (χ2v) is 10.8. The van der Waals surface area contributed by atoms with Gasteiger partial charge in [0.2, 0.25) is 11.8 Å². The summed E-state index contributed by atoms with van der Waals surface area (Å²) in [6, 6.07) is -0.364. The van der Waals surface area contributed by atoms with Crippen LogP contribution in [0.2, 0.25) is 0 Å². The molecule has 2 aliphatic heterocycles. The summed E-state index contributed by atoms with van der Waals surface area (Å²) in [6.07, 6.45) is 7.19. The molecule has 2 heterocycles. The molecule has 6 fully saturated rings. The summed E-state index contributed by atoms with van der Waals surface area (Å²) >= 11 is 0. The monoisotopic (exact) mass is 409 g/mol. The standard InChI is InChI=1S/C22H35N3O2.ClH/c1-13(2)19(20(26)25-11-17-9-23-10-18(17)12-25)24-21(27)22-6-14-3-15(7-22)5-16(4-14)8-22;/h13-19,23H,3-12H2,1-2H3,(H,24,27);1H/t14?,15?,16?,17-,18+,19?,22?;. The number of carbonyl (C=O) groups is 2. The van der Waals surface area contributed by atoms with Gasteiger partial charge in [-0.25, -0.2) is 0 Å². The Labute approximate surface area is 175 Å². The van der Waals surface area contributed by atoms with Crippen LogP contribution in [0.15, 0.2) is 0 Å². The Morgan fingerprint density at radius 1 is 0.964 bits per heavy atom. The Bertz CT molecular complexity index is 590. The number of amides is 2. The molecule has 0 aromatic rings. The summed E-state index contributed by atoms with van der Waals surface area (Å²) < 4.78 is 0. The summed E-state index contributed by atoms with van der Waals surface area (Å²) in [5, 5.41) is 6.70. The van der Waals surface area contributed by atoms with Gasteiger partial charge in [-0.3, -0.25) is 9.59 Å². The van der Waals surface area contributed by atoms with Gasteiger partial charge in [0.1, 0.15) is 6.04 Å². The molecule has 2 amide bonds. The average Bonchev–Trinajstić information content (AvgIpc) is 3.19. The molecule has 158 valence electrons. The van der Waals surface area contributed by atoms with Gasteiger partial charge in [-0.1, -0.05) is 13.8 Å². The molecular formula is C22H36ClN3O2. The highest BCUT2D eigenvalue weighted by Crippen LogP contribution is 2.60. The number of nitrogens with zero attached hydrogens (tertiary/aromatic N) is 1. The van der Waals surface area contributed by atoms with Gasteiger partial charge in [-0.2, -0.15) is 0 Å². The molecule has 0 aromatic carbocycles. The molecule has 0 radical (unpaired) electrons. The molecule has 0 spiro atoms. The van der Waals surface area contributed by atoms with Crippen molar-refractivity contribution in [1.29, 1.82) is 0 Å². The number of carbonyl (C=O) groups excluding carboxylic acids is 2. The Kier molecular flexibility index (Phi) is 5.45. The second-order valence-electron chi connectivity index (χ2n) is 10.8. The van der Waals surface area contributed by atoms with E-state index in [1.165, 1.54) is 19.3 Å². The van der Waals surface area contributed by atoms with E-state index in [9.17, 15) is 9.59 Å². The van der Waals surface area contributed by atoms with E-state index >= 15 is 0 Å². The SMILES string of the molecule is CC(C)C(NC(=O)C12CC3CC(CC(C3)C1)C2)C(=O)N1C[C@H]2CNC[C@H]2C1.Cl. The molecule has 2 saturated heterocycles. The summed E-state index contributed by atoms with van der Waals surface area (Å²) in [4.78, 5) is 28.7. The molecule has 4 saturated carbocycles. The first kappa shape index (κ1) is 20.5. The van der Waals surface area contributed by atoms with E-state index in [0.29, 0.717) is 11.8 Å². The van der Waals surface area contributed by atoms with Crippen molar-refractivity contribution in [3.8, 4) is 0 Å². The Morgan fingerprint density at radius 2 is 1.46 bits per heavy atom. The van der Waals surface area contributed by atoms with E-state index in [1.807, 2.05) is 4.90 Å². The lowest BCUT2D eigenvalue weighted by molar-refractivity contribution is -0.150. The van der Waals surface area contributed by atoms with E-state index in [4.69, 9.17) is 0 Å².